The second kappa shape index (κ2) is 4.95. The van der Waals surface area contributed by atoms with Crippen LogP contribution in [0, 0.1) is 3.82 Å². The van der Waals surface area contributed by atoms with Crippen LogP contribution < -0.4 is 9.47 Å². The molecule has 5 heteroatoms. The van der Waals surface area contributed by atoms with Crippen molar-refractivity contribution in [2.75, 3.05) is 14.2 Å². The van der Waals surface area contributed by atoms with Crippen LogP contribution in [0.15, 0.2) is 24.3 Å². The van der Waals surface area contributed by atoms with E-state index >= 15 is 0 Å². The zero-order valence-electron chi connectivity index (χ0n) is 8.85. The van der Waals surface area contributed by atoms with Crippen LogP contribution in [0.1, 0.15) is 0 Å². The van der Waals surface area contributed by atoms with Crippen molar-refractivity contribution < 1.29 is 9.47 Å². The van der Waals surface area contributed by atoms with Crippen LogP contribution in [0.5, 0.6) is 11.5 Å². The summed E-state index contributed by atoms with van der Waals surface area (Å²) in [7, 11) is 6.56. The minimum absolute atomic E-state index is 0.820. The third-order valence-corrected chi connectivity index (χ3v) is 5.03. The Hall–Kier alpha value is -0.910. The number of benzene rings is 1. The van der Waals surface area contributed by atoms with Crippen LogP contribution in [0.2, 0.25) is 0 Å². The number of rotatable bonds is 3. The van der Waals surface area contributed by atoms with Gasteiger partial charge in [-0.15, -0.1) is 0 Å². The molecule has 0 fully saturated rings. The molecule has 0 N–H and O–H groups in total. The molecule has 0 saturated heterocycles. The lowest BCUT2D eigenvalue weighted by molar-refractivity contribution is 0.404. The lowest BCUT2D eigenvalue weighted by Crippen LogP contribution is -1.88. The molecular formula is C11H10O2S3. The van der Waals surface area contributed by atoms with Gasteiger partial charge in [-0.25, -0.2) is 0 Å². The van der Waals surface area contributed by atoms with Crippen LogP contribution >= 0.6 is 32.9 Å². The molecule has 1 aromatic heterocycles. The first-order valence-electron chi connectivity index (χ1n) is 4.57. The van der Waals surface area contributed by atoms with Crippen molar-refractivity contribution in [3.8, 4) is 21.9 Å². The lowest BCUT2D eigenvalue weighted by Gasteiger charge is -2.08. The molecule has 0 unspecified atom stereocenters. The van der Waals surface area contributed by atoms with E-state index in [2.05, 4.69) is 0 Å². The summed E-state index contributed by atoms with van der Waals surface area (Å²) < 4.78 is 11.4. The van der Waals surface area contributed by atoms with Crippen molar-refractivity contribution in [1.29, 1.82) is 0 Å². The molecule has 0 atom stereocenters. The molecule has 2 aromatic rings. The van der Waals surface area contributed by atoms with E-state index in [1.807, 2.05) is 24.3 Å². The molecule has 0 spiro atoms. The average Bonchev–Trinajstić information content (AvgIpc) is 2.75. The number of methoxy groups -OCH3 is 2. The SMILES string of the molecule is COc1ccc(OC)c(-c2cc(=S)ss2)c1. The Kier molecular flexibility index (Phi) is 3.58. The molecule has 0 radical (unpaired) electrons. The maximum atomic E-state index is 5.33. The summed E-state index contributed by atoms with van der Waals surface area (Å²) in [5, 5.41) is 0. The fourth-order valence-corrected chi connectivity index (χ4v) is 3.77. The second-order valence-electron chi connectivity index (χ2n) is 3.06. The molecule has 1 heterocycles. The molecule has 0 aliphatic rings. The van der Waals surface area contributed by atoms with Crippen molar-refractivity contribution in [2.24, 2.45) is 0 Å². The van der Waals surface area contributed by atoms with Gasteiger partial charge in [0.15, 0.2) is 0 Å². The van der Waals surface area contributed by atoms with Gasteiger partial charge in [-0.2, -0.15) is 0 Å². The Morgan fingerprint density at radius 3 is 2.44 bits per heavy atom. The Morgan fingerprint density at radius 2 is 1.88 bits per heavy atom. The van der Waals surface area contributed by atoms with E-state index in [-0.39, 0.29) is 0 Å². The van der Waals surface area contributed by atoms with Crippen molar-refractivity contribution in [1.82, 2.24) is 0 Å². The van der Waals surface area contributed by atoms with Gasteiger partial charge in [0, 0.05) is 5.56 Å². The molecule has 0 bridgehead atoms. The smallest absolute Gasteiger partial charge is 0.127 e. The highest BCUT2D eigenvalue weighted by Gasteiger charge is 2.09. The van der Waals surface area contributed by atoms with E-state index < -0.39 is 0 Å². The molecule has 2 nitrogen and oxygen atoms in total. The van der Waals surface area contributed by atoms with Gasteiger partial charge in [0.1, 0.15) is 15.3 Å². The second-order valence-corrected chi connectivity index (χ2v) is 5.97. The molecule has 0 amide bonds. The Labute approximate surface area is 106 Å². The number of hydrogen-bond donors (Lipinski definition) is 0. The third kappa shape index (κ3) is 2.26. The standard InChI is InChI=1S/C11H10O2S3/c1-12-7-3-4-9(13-2)8(5-7)10-6-11(14)16-15-10/h3-6H,1-2H3. The molecular weight excluding hydrogens is 260 g/mol. The summed E-state index contributed by atoms with van der Waals surface area (Å²) in [5.41, 5.74) is 1.03. The van der Waals surface area contributed by atoms with Crippen LogP contribution in [0.3, 0.4) is 0 Å². The van der Waals surface area contributed by atoms with Crippen LogP contribution in [0.4, 0.5) is 0 Å². The number of ether oxygens (including phenoxy) is 2. The maximum absolute atomic E-state index is 5.33. The first-order chi connectivity index (χ1) is 7.74. The lowest BCUT2D eigenvalue weighted by atomic mass is 10.1. The molecule has 1 aromatic carbocycles. The van der Waals surface area contributed by atoms with Gasteiger partial charge in [-0.05, 0) is 24.3 Å². The van der Waals surface area contributed by atoms with Gasteiger partial charge in [0.05, 0.1) is 19.1 Å². The summed E-state index contributed by atoms with van der Waals surface area (Å²) >= 11 is 5.13. The van der Waals surface area contributed by atoms with Crippen LogP contribution in [-0.2, 0) is 0 Å². The van der Waals surface area contributed by atoms with Crippen molar-refractivity contribution in [2.45, 2.75) is 0 Å². The molecule has 0 saturated carbocycles. The van der Waals surface area contributed by atoms with E-state index in [9.17, 15) is 0 Å². The Balaban J connectivity index is 2.56. The average molecular weight is 270 g/mol. The normalized spacial score (nSPS) is 10.1. The van der Waals surface area contributed by atoms with Gasteiger partial charge in [0.2, 0.25) is 0 Å². The number of hydrogen-bond acceptors (Lipinski definition) is 5. The minimum Gasteiger partial charge on any atom is -0.497 e. The fourth-order valence-electron chi connectivity index (χ4n) is 1.37. The zero-order chi connectivity index (χ0) is 11.5. The van der Waals surface area contributed by atoms with E-state index in [0.29, 0.717) is 0 Å². The van der Waals surface area contributed by atoms with E-state index in [4.69, 9.17) is 21.7 Å². The highest BCUT2D eigenvalue weighted by Crippen LogP contribution is 2.37. The predicted molar refractivity (Wildman–Crippen MR) is 71.6 cm³/mol. The fraction of sp³-hybridized carbons (Fsp3) is 0.182. The highest BCUT2D eigenvalue weighted by atomic mass is 32.9. The maximum Gasteiger partial charge on any atom is 0.127 e. The van der Waals surface area contributed by atoms with Crippen LogP contribution in [-0.4, -0.2) is 14.2 Å². The van der Waals surface area contributed by atoms with Gasteiger partial charge >= 0.3 is 0 Å². The molecule has 84 valence electrons. The summed E-state index contributed by atoms with van der Waals surface area (Å²) in [5.74, 6) is 1.66. The van der Waals surface area contributed by atoms with E-state index in [0.717, 1.165) is 25.8 Å². The predicted octanol–water partition coefficient (Wildman–Crippen LogP) is 4.22. The van der Waals surface area contributed by atoms with Crippen molar-refractivity contribution in [3.05, 3.63) is 28.1 Å². The van der Waals surface area contributed by atoms with Gasteiger partial charge in [-0.1, -0.05) is 32.9 Å². The Bertz CT molecular complexity index is 542. The monoisotopic (exact) mass is 270 g/mol. The molecule has 2 rings (SSSR count). The Morgan fingerprint density at radius 1 is 1.06 bits per heavy atom. The quantitative estimate of drug-likeness (QED) is 0.614. The highest BCUT2D eigenvalue weighted by molar-refractivity contribution is 7.80. The topological polar surface area (TPSA) is 18.5 Å². The first-order valence-corrected chi connectivity index (χ1v) is 7.13. The molecule has 16 heavy (non-hydrogen) atoms. The van der Waals surface area contributed by atoms with Crippen molar-refractivity contribution >= 4 is 32.9 Å². The summed E-state index contributed by atoms with van der Waals surface area (Å²) in [6.07, 6.45) is 0. The largest absolute Gasteiger partial charge is 0.497 e. The summed E-state index contributed by atoms with van der Waals surface area (Å²) in [6, 6.07) is 7.74. The van der Waals surface area contributed by atoms with E-state index in [1.54, 1.807) is 34.9 Å². The third-order valence-electron chi connectivity index (χ3n) is 2.13. The molecule has 0 aliphatic carbocycles. The summed E-state index contributed by atoms with van der Waals surface area (Å²) in [6.45, 7) is 0. The zero-order valence-corrected chi connectivity index (χ0v) is 11.3. The van der Waals surface area contributed by atoms with Crippen molar-refractivity contribution in [3.63, 3.8) is 0 Å². The van der Waals surface area contributed by atoms with Gasteiger partial charge in [0.25, 0.3) is 0 Å². The first kappa shape index (κ1) is 11.6. The van der Waals surface area contributed by atoms with E-state index in [1.165, 1.54) is 0 Å². The van der Waals surface area contributed by atoms with Gasteiger partial charge in [-0.3, -0.25) is 0 Å². The molecule has 0 aliphatic heterocycles. The summed E-state index contributed by atoms with van der Waals surface area (Å²) in [4.78, 5) is 1.12. The van der Waals surface area contributed by atoms with Crippen LogP contribution in [0.25, 0.3) is 10.4 Å². The minimum atomic E-state index is 0.820. The van der Waals surface area contributed by atoms with Gasteiger partial charge < -0.3 is 9.47 Å².